The maximum absolute atomic E-state index is 13.5. The molecule has 0 aliphatic carbocycles. The molecule has 33 heavy (non-hydrogen) atoms. The highest BCUT2D eigenvalue weighted by Gasteiger charge is 2.38. The van der Waals surface area contributed by atoms with Gasteiger partial charge in [0.15, 0.2) is 15.7 Å². The first-order valence-corrected chi connectivity index (χ1v) is 12.9. The highest BCUT2D eigenvalue weighted by molar-refractivity contribution is 7.90. The van der Waals surface area contributed by atoms with Crippen LogP contribution in [0.15, 0.2) is 41.6 Å². The van der Waals surface area contributed by atoms with Gasteiger partial charge in [0.05, 0.1) is 34.4 Å². The minimum absolute atomic E-state index is 0.00222. The molecule has 7 nitrogen and oxygen atoms in total. The summed E-state index contributed by atoms with van der Waals surface area (Å²) in [6.45, 7) is 1.69. The Hall–Kier alpha value is -2.63. The van der Waals surface area contributed by atoms with Gasteiger partial charge in [-0.2, -0.15) is 0 Å². The van der Waals surface area contributed by atoms with E-state index in [-0.39, 0.29) is 35.1 Å². The van der Waals surface area contributed by atoms with Crippen LogP contribution in [0.1, 0.15) is 21.0 Å². The van der Waals surface area contributed by atoms with E-state index in [1.165, 1.54) is 41.9 Å². The van der Waals surface area contributed by atoms with E-state index in [1.807, 2.05) is 6.92 Å². The van der Waals surface area contributed by atoms with Crippen molar-refractivity contribution in [2.75, 3.05) is 29.6 Å². The predicted octanol–water partition coefficient (Wildman–Crippen LogP) is 4.67. The number of aromatic nitrogens is 2. The first kappa shape index (κ1) is 23.5. The number of aryl methyl sites for hydroxylation is 1. The molecular formula is C21H19ClF2N4O3S2. The second-order valence-electron chi connectivity index (χ2n) is 7.77. The number of hydrogen-bond donors (Lipinski definition) is 1. The Labute approximate surface area is 198 Å². The zero-order valence-corrected chi connectivity index (χ0v) is 20.0. The highest BCUT2D eigenvalue weighted by atomic mass is 35.5. The standard InChI is InChI=1S/C21H19ClF2N4O3S2/c1-12-17(19-25-9-15(10-26-19)28-4-3-21(23,24)11-28)8-18(32-12)20(29)27-14-5-13(22)6-16(7-14)33(2,30)31/h5-10H,3-4,11H2,1-2H3,(H,27,29). The van der Waals surface area contributed by atoms with Crippen molar-refractivity contribution in [1.82, 2.24) is 9.97 Å². The number of anilines is 2. The Morgan fingerprint density at radius 1 is 1.21 bits per heavy atom. The van der Waals surface area contributed by atoms with Crippen molar-refractivity contribution in [1.29, 1.82) is 0 Å². The Morgan fingerprint density at radius 2 is 1.91 bits per heavy atom. The lowest BCUT2D eigenvalue weighted by Gasteiger charge is -2.17. The molecule has 1 amide bonds. The van der Waals surface area contributed by atoms with Gasteiger partial charge in [-0.25, -0.2) is 27.2 Å². The summed E-state index contributed by atoms with van der Waals surface area (Å²) >= 11 is 7.22. The summed E-state index contributed by atoms with van der Waals surface area (Å²) in [5, 5.41) is 2.84. The minimum atomic E-state index is -3.50. The van der Waals surface area contributed by atoms with E-state index in [4.69, 9.17) is 11.6 Å². The number of sulfone groups is 1. The number of carbonyl (C=O) groups excluding carboxylic acids is 1. The molecule has 1 aliphatic heterocycles. The summed E-state index contributed by atoms with van der Waals surface area (Å²) in [5.41, 5.74) is 1.42. The SMILES string of the molecule is Cc1sc(C(=O)Nc2cc(Cl)cc(S(C)(=O)=O)c2)cc1-c1ncc(N2CCC(F)(F)C2)cn1. The predicted molar refractivity (Wildman–Crippen MR) is 124 cm³/mol. The van der Waals surface area contributed by atoms with Crippen LogP contribution in [0.2, 0.25) is 5.02 Å². The second-order valence-corrected chi connectivity index (χ2v) is 11.5. The molecule has 3 aromatic rings. The molecule has 1 aromatic carbocycles. The molecule has 2 aromatic heterocycles. The van der Waals surface area contributed by atoms with Gasteiger partial charge in [0, 0.05) is 40.4 Å². The van der Waals surface area contributed by atoms with E-state index in [9.17, 15) is 22.0 Å². The molecule has 174 valence electrons. The van der Waals surface area contributed by atoms with Crippen LogP contribution in [0, 0.1) is 6.92 Å². The van der Waals surface area contributed by atoms with Gasteiger partial charge < -0.3 is 10.2 Å². The Morgan fingerprint density at radius 3 is 2.52 bits per heavy atom. The minimum Gasteiger partial charge on any atom is -0.363 e. The quantitative estimate of drug-likeness (QED) is 0.534. The second kappa shape index (κ2) is 8.62. The van der Waals surface area contributed by atoms with Crippen molar-refractivity contribution >= 4 is 50.1 Å². The molecule has 1 aliphatic rings. The number of hydrogen-bond acceptors (Lipinski definition) is 7. The van der Waals surface area contributed by atoms with Gasteiger partial charge in [-0.1, -0.05) is 11.6 Å². The van der Waals surface area contributed by atoms with Gasteiger partial charge >= 0.3 is 0 Å². The molecule has 1 N–H and O–H groups in total. The first-order valence-electron chi connectivity index (χ1n) is 9.79. The maximum Gasteiger partial charge on any atom is 0.266 e. The average molecular weight is 513 g/mol. The van der Waals surface area contributed by atoms with Crippen molar-refractivity contribution < 1.29 is 22.0 Å². The van der Waals surface area contributed by atoms with Gasteiger partial charge in [0.1, 0.15) is 0 Å². The molecule has 12 heteroatoms. The van der Waals surface area contributed by atoms with Crippen molar-refractivity contribution in [2.45, 2.75) is 24.2 Å². The zero-order chi connectivity index (χ0) is 24.0. The third-order valence-electron chi connectivity index (χ3n) is 5.11. The summed E-state index contributed by atoms with van der Waals surface area (Å²) in [6.07, 6.45) is 3.85. The van der Waals surface area contributed by atoms with Crippen LogP contribution in [0.25, 0.3) is 11.4 Å². The molecule has 1 saturated heterocycles. The van der Waals surface area contributed by atoms with Crippen LogP contribution in [0.5, 0.6) is 0 Å². The zero-order valence-electron chi connectivity index (χ0n) is 17.6. The van der Waals surface area contributed by atoms with Crippen LogP contribution in [-0.2, 0) is 9.84 Å². The highest BCUT2D eigenvalue weighted by Crippen LogP contribution is 2.33. The van der Waals surface area contributed by atoms with E-state index < -0.39 is 21.7 Å². The van der Waals surface area contributed by atoms with E-state index in [1.54, 1.807) is 11.0 Å². The molecule has 0 radical (unpaired) electrons. The normalized spacial score (nSPS) is 15.6. The number of benzene rings is 1. The fraction of sp³-hybridized carbons (Fsp3) is 0.286. The first-order chi connectivity index (χ1) is 15.4. The number of alkyl halides is 2. The number of carbonyl (C=O) groups is 1. The summed E-state index contributed by atoms with van der Waals surface area (Å²) < 4.78 is 50.5. The number of thiophene rings is 1. The van der Waals surface area contributed by atoms with Gasteiger partial charge in [-0.15, -0.1) is 11.3 Å². The number of nitrogens with one attached hydrogen (secondary N) is 1. The summed E-state index contributed by atoms with van der Waals surface area (Å²) in [7, 11) is -3.50. The fourth-order valence-electron chi connectivity index (χ4n) is 3.44. The molecule has 0 atom stereocenters. The van der Waals surface area contributed by atoms with E-state index >= 15 is 0 Å². The smallest absolute Gasteiger partial charge is 0.266 e. The molecule has 3 heterocycles. The van der Waals surface area contributed by atoms with Crippen molar-refractivity contribution in [3.05, 3.63) is 51.4 Å². The molecule has 0 saturated carbocycles. The van der Waals surface area contributed by atoms with E-state index in [0.29, 0.717) is 22.0 Å². The van der Waals surface area contributed by atoms with Crippen molar-refractivity contribution in [3.63, 3.8) is 0 Å². The number of nitrogens with zero attached hydrogens (tertiary/aromatic N) is 3. The fourth-order valence-corrected chi connectivity index (χ4v) is 5.33. The molecule has 1 fully saturated rings. The van der Waals surface area contributed by atoms with Crippen LogP contribution in [0.3, 0.4) is 0 Å². The average Bonchev–Trinajstić information content (AvgIpc) is 3.29. The molecule has 0 spiro atoms. The van der Waals surface area contributed by atoms with Crippen LogP contribution >= 0.6 is 22.9 Å². The van der Waals surface area contributed by atoms with E-state index in [2.05, 4.69) is 15.3 Å². The molecule has 4 rings (SSSR count). The van der Waals surface area contributed by atoms with Gasteiger partial charge in [0.2, 0.25) is 0 Å². The lowest BCUT2D eigenvalue weighted by Crippen LogP contribution is -2.25. The Bertz CT molecular complexity index is 1330. The van der Waals surface area contributed by atoms with Crippen LogP contribution < -0.4 is 10.2 Å². The van der Waals surface area contributed by atoms with Gasteiger partial charge in [-0.05, 0) is 31.2 Å². The lowest BCUT2D eigenvalue weighted by atomic mass is 10.2. The summed E-state index contributed by atoms with van der Waals surface area (Å²) in [6, 6.07) is 5.74. The largest absolute Gasteiger partial charge is 0.363 e. The summed E-state index contributed by atoms with van der Waals surface area (Å²) in [4.78, 5) is 24.1. The van der Waals surface area contributed by atoms with Crippen molar-refractivity contribution in [2.24, 2.45) is 0 Å². The molecular weight excluding hydrogens is 494 g/mol. The number of halogens is 3. The maximum atomic E-state index is 13.5. The lowest BCUT2D eigenvalue weighted by molar-refractivity contribution is 0.0257. The Balaban J connectivity index is 1.53. The van der Waals surface area contributed by atoms with Crippen LogP contribution in [0.4, 0.5) is 20.2 Å². The monoisotopic (exact) mass is 512 g/mol. The summed E-state index contributed by atoms with van der Waals surface area (Å²) in [5.74, 6) is -2.78. The third kappa shape index (κ3) is 5.31. The topological polar surface area (TPSA) is 92.3 Å². The van der Waals surface area contributed by atoms with Crippen molar-refractivity contribution in [3.8, 4) is 11.4 Å². The number of rotatable bonds is 5. The third-order valence-corrected chi connectivity index (χ3v) is 7.47. The van der Waals surface area contributed by atoms with E-state index in [0.717, 1.165) is 11.1 Å². The molecule has 0 unspecified atom stereocenters. The van der Waals surface area contributed by atoms with Crippen LogP contribution in [-0.4, -0.2) is 49.6 Å². The number of amides is 1. The van der Waals surface area contributed by atoms with Gasteiger partial charge in [0.25, 0.3) is 11.8 Å². The van der Waals surface area contributed by atoms with Gasteiger partial charge in [-0.3, -0.25) is 4.79 Å². The Kier molecular flexibility index (Phi) is 6.14. The molecule has 0 bridgehead atoms.